The topological polar surface area (TPSA) is 202 Å². The van der Waals surface area contributed by atoms with Crippen molar-refractivity contribution >= 4 is 29.8 Å². The second-order valence-corrected chi connectivity index (χ2v) is 17.8. The Labute approximate surface area is 358 Å². The summed E-state index contributed by atoms with van der Waals surface area (Å²) >= 11 is 0. The molecule has 3 aliphatic carbocycles. The van der Waals surface area contributed by atoms with E-state index in [1.54, 1.807) is 57.2 Å². The van der Waals surface area contributed by atoms with E-state index in [9.17, 15) is 29.4 Å². The van der Waals surface area contributed by atoms with Crippen molar-refractivity contribution in [3.8, 4) is 0 Å². The van der Waals surface area contributed by atoms with Crippen LogP contribution >= 0.6 is 0 Å². The van der Waals surface area contributed by atoms with Crippen LogP contribution in [0.3, 0.4) is 0 Å². The molecule has 2 aromatic carbocycles. The summed E-state index contributed by atoms with van der Waals surface area (Å²) in [5.41, 5.74) is -9.76. The van der Waals surface area contributed by atoms with Gasteiger partial charge < -0.3 is 48.7 Å². The predicted molar refractivity (Wildman–Crippen MR) is 213 cm³/mol. The molecule has 2 bridgehead atoms. The molecule has 60 heavy (non-hydrogen) atoms. The summed E-state index contributed by atoms with van der Waals surface area (Å²) in [5.74, 6) is -6.18. The predicted octanol–water partition coefficient (Wildman–Crippen LogP) is 4.57. The fourth-order valence-electron chi connectivity index (χ4n) is 9.79. The van der Waals surface area contributed by atoms with Crippen molar-refractivity contribution in [1.29, 1.82) is 0 Å². The van der Waals surface area contributed by atoms with Crippen molar-refractivity contribution < 1.29 is 75.6 Å². The summed E-state index contributed by atoms with van der Waals surface area (Å²) in [4.78, 5) is 70.9. The third-order valence-electron chi connectivity index (χ3n) is 12.8. The molecule has 15 heteroatoms. The number of benzene rings is 2. The zero-order valence-electron chi connectivity index (χ0n) is 40.8. The van der Waals surface area contributed by atoms with Crippen LogP contribution in [0.2, 0.25) is 0 Å². The van der Waals surface area contributed by atoms with E-state index in [4.69, 9.17) is 41.4 Å². The maximum absolute atomic E-state index is 15.9. The van der Waals surface area contributed by atoms with Crippen molar-refractivity contribution in [3.63, 3.8) is 0 Å². The Morgan fingerprint density at radius 3 is 2.17 bits per heavy atom. The van der Waals surface area contributed by atoms with Crippen molar-refractivity contribution in [1.82, 2.24) is 5.32 Å². The van der Waals surface area contributed by atoms with Crippen LogP contribution in [0, 0.1) is 16.7 Å². The Morgan fingerprint density at radius 1 is 0.967 bits per heavy atom. The summed E-state index contributed by atoms with van der Waals surface area (Å²) < 4.78 is 90.5. The molecule has 4 aliphatic rings. The minimum atomic E-state index is -3.35. The van der Waals surface area contributed by atoms with E-state index in [2.05, 4.69) is 5.32 Å². The summed E-state index contributed by atoms with van der Waals surface area (Å²) in [6.45, 7) is 11.0. The van der Waals surface area contributed by atoms with Crippen LogP contribution in [0.15, 0.2) is 71.8 Å². The van der Waals surface area contributed by atoms with Gasteiger partial charge in [-0.1, -0.05) is 62.4 Å². The van der Waals surface area contributed by atoms with Gasteiger partial charge in [-0.2, -0.15) is 0 Å². The molecule has 0 aromatic heterocycles. The summed E-state index contributed by atoms with van der Waals surface area (Å²) in [6.07, 6.45) is -13.0. The highest BCUT2D eigenvalue weighted by molar-refractivity contribution is 5.94. The number of esters is 3. The number of aliphatic hydroxyl groups excluding tert-OH is 1. The van der Waals surface area contributed by atoms with Crippen LogP contribution in [-0.4, -0.2) is 114 Å². The Balaban J connectivity index is 1.60. The molecule has 3 N–H and O–H groups in total. The van der Waals surface area contributed by atoms with Crippen LogP contribution < -0.4 is 5.32 Å². The number of ether oxygens (including phenoxy) is 7. The number of carbonyl (C=O) groups is 5. The molecule has 15 nitrogen and oxygen atoms in total. The number of nitrogens with one attached hydrogen (secondary N) is 1. The second kappa shape index (κ2) is 16.3. The lowest BCUT2D eigenvalue weighted by Crippen LogP contribution is -2.82. The van der Waals surface area contributed by atoms with Crippen molar-refractivity contribution in [2.75, 3.05) is 20.7 Å². The van der Waals surface area contributed by atoms with Gasteiger partial charge >= 0.3 is 24.0 Å². The first kappa shape index (κ1) is 37.1. The quantitative estimate of drug-likeness (QED) is 0.130. The third-order valence-corrected chi connectivity index (χ3v) is 12.8. The molecule has 1 heterocycles. The number of alkyl carbamates (subject to hydrolysis) is 1. The summed E-state index contributed by atoms with van der Waals surface area (Å²) in [7, 11) is -6.55. The second-order valence-electron chi connectivity index (χ2n) is 17.8. The van der Waals surface area contributed by atoms with Crippen LogP contribution in [0.5, 0.6) is 0 Å². The number of fused-ring (bicyclic) bond motifs is 5. The minimum absolute atomic E-state index is 0.0111. The fraction of sp³-hybridized carbons (Fsp3) is 0.578. The Kier molecular flexibility index (Phi) is 10.1. The SMILES string of the molecule is [2H][13C]([2H])([2H])O[C@H]1C(=O)[C@]2(C)[C@@H](O[13C]([2H])([2H])[2H])C[C@H]3OC[C@@]3(OC(C)=O)[C@H]2[C@H](OC(=O)c2ccccc2)[C@]2(O)C[C@H](OC(=O)[C@H](O)[C@@H](NC(=O)OC(C)(C)C)c3ccccc3)C(C)=C1C2(C)C. The van der Waals surface area contributed by atoms with Gasteiger partial charge in [0.25, 0.3) is 0 Å². The van der Waals surface area contributed by atoms with Gasteiger partial charge in [-0.3, -0.25) is 9.59 Å². The highest BCUT2D eigenvalue weighted by Gasteiger charge is 2.78. The van der Waals surface area contributed by atoms with Crippen LogP contribution in [0.1, 0.15) is 98.4 Å². The van der Waals surface area contributed by atoms with Crippen molar-refractivity contribution in [3.05, 3.63) is 82.9 Å². The number of amides is 1. The van der Waals surface area contributed by atoms with Gasteiger partial charge in [0.15, 0.2) is 17.5 Å². The largest absolute Gasteiger partial charge is 0.456 e. The number of aliphatic hydroxyl groups is 2. The first-order valence-corrected chi connectivity index (χ1v) is 19.7. The number of carbonyl (C=O) groups excluding carboxylic acids is 5. The molecule has 1 saturated heterocycles. The average Bonchev–Trinajstić information content (AvgIpc) is 3.19. The molecule has 2 saturated carbocycles. The number of methoxy groups -OCH3 is 2. The maximum Gasteiger partial charge on any atom is 0.408 e. The summed E-state index contributed by atoms with van der Waals surface area (Å²) in [6, 6.07) is 14.0. The third kappa shape index (κ3) is 7.52. The Hall–Kier alpha value is -4.67. The standard InChI is InChI=1S/C45H57NO14/c1-24-28(57-39(51)33(48)32(26-17-13-11-14-18-26)46-40(52)60-41(3,4)5)22-45(53)37(58-38(50)27-19-15-12-16-20-27)35-43(8,36(49)34(55-10)31(24)42(45,6)7)29(54-9)21-30-44(35,23-56-30)59-25(2)47/h11-20,28-30,32-35,37,48,53H,21-23H2,1-10H3,(H,46,52)/t28-,29-,30+,32-,33+,34+,35-,37-,43+,44-,45+/m0/s1/i9+1D3,10+1D3. The van der Waals surface area contributed by atoms with E-state index in [-0.39, 0.29) is 22.3 Å². The number of rotatable bonds is 10. The molecule has 0 radical (unpaired) electrons. The zero-order chi connectivity index (χ0) is 49.2. The normalized spacial score (nSPS) is 34.9. The molecule has 1 aliphatic heterocycles. The number of hydrogen-bond acceptors (Lipinski definition) is 14. The first-order chi connectivity index (χ1) is 30.4. The highest BCUT2D eigenvalue weighted by atomic mass is 16.6. The van der Waals surface area contributed by atoms with E-state index in [0.717, 1.165) is 6.92 Å². The van der Waals surface area contributed by atoms with Gasteiger partial charge in [0.05, 0.1) is 43.9 Å². The smallest absolute Gasteiger partial charge is 0.408 e. The maximum atomic E-state index is 15.9. The van der Waals surface area contributed by atoms with E-state index >= 15 is 4.79 Å². The van der Waals surface area contributed by atoms with E-state index in [1.165, 1.54) is 52.0 Å². The average molecular weight is 844 g/mol. The van der Waals surface area contributed by atoms with Gasteiger partial charge in [0.1, 0.15) is 35.6 Å². The van der Waals surface area contributed by atoms with Crippen LogP contribution in [0.4, 0.5) is 4.79 Å². The first-order valence-electron chi connectivity index (χ1n) is 22.7. The molecule has 1 amide bonds. The van der Waals surface area contributed by atoms with Crippen LogP contribution in [0.25, 0.3) is 0 Å². The Bertz CT molecular complexity index is 2230. The zero-order valence-corrected chi connectivity index (χ0v) is 34.8. The molecule has 6 rings (SSSR count). The molecule has 3 fully saturated rings. The lowest BCUT2D eigenvalue weighted by Gasteiger charge is -2.67. The molecular formula is C45H57NO14. The van der Waals surface area contributed by atoms with E-state index in [0.29, 0.717) is 0 Å². The Morgan fingerprint density at radius 2 is 1.60 bits per heavy atom. The van der Waals surface area contributed by atoms with Gasteiger partial charge in [-0.05, 0) is 63.5 Å². The van der Waals surface area contributed by atoms with E-state index < -0.39 is 140 Å². The molecule has 0 unspecified atom stereocenters. The fourth-order valence-corrected chi connectivity index (χ4v) is 9.79. The molecule has 11 atom stereocenters. The minimum Gasteiger partial charge on any atom is -0.456 e. The highest BCUT2D eigenvalue weighted by Crippen LogP contribution is 2.64. The van der Waals surface area contributed by atoms with E-state index in [1.807, 2.05) is 0 Å². The number of ketones is 1. The van der Waals surface area contributed by atoms with Crippen molar-refractivity contribution in [2.45, 2.75) is 128 Å². The van der Waals surface area contributed by atoms with Crippen molar-refractivity contribution in [2.24, 2.45) is 16.7 Å². The lowest BCUT2D eigenvalue weighted by atomic mass is 9.44. The molecule has 326 valence electrons. The van der Waals surface area contributed by atoms with Crippen LogP contribution in [-0.2, 0) is 47.5 Å². The number of hydrogen-bond donors (Lipinski definition) is 3. The van der Waals surface area contributed by atoms with Gasteiger partial charge in [-0.25, -0.2) is 14.4 Å². The molecule has 2 aromatic rings. The summed E-state index contributed by atoms with van der Waals surface area (Å²) in [5, 5.41) is 28.1. The number of Topliss-reactive ketones (excluding diaryl/α,β-unsaturated/α-hetero) is 1. The van der Waals surface area contributed by atoms with Gasteiger partial charge in [-0.15, -0.1) is 0 Å². The lowest BCUT2D eigenvalue weighted by molar-refractivity contribution is -0.347. The molecule has 0 spiro atoms. The molecular weight excluding hydrogens is 780 g/mol. The monoisotopic (exact) mass is 843 g/mol. The van der Waals surface area contributed by atoms with Gasteiger partial charge in [0.2, 0.25) is 0 Å². The van der Waals surface area contributed by atoms with Gasteiger partial charge in [0, 0.05) is 39.3 Å².